The molecule has 0 bridgehead atoms. The molecule has 2 fully saturated rings. The van der Waals surface area contributed by atoms with Crippen molar-refractivity contribution in [2.45, 2.75) is 25.3 Å². The van der Waals surface area contributed by atoms with Crippen LogP contribution < -0.4 is 5.32 Å². The highest BCUT2D eigenvalue weighted by molar-refractivity contribution is 5.24. The Morgan fingerprint density at radius 3 is 2.82 bits per heavy atom. The smallest absolute Gasteiger partial charge is 0.156 e. The standard InChI is InChI=1S/C12H18N4O/c17-11-7-14-12(9-1-2-9)15-10(11)8-16-5-3-13-4-6-16/h7,9,13,17H,1-6,8H2. The van der Waals surface area contributed by atoms with Crippen LogP contribution in [0.15, 0.2) is 6.20 Å². The molecule has 0 aromatic carbocycles. The van der Waals surface area contributed by atoms with E-state index in [2.05, 4.69) is 20.2 Å². The fraction of sp³-hybridized carbons (Fsp3) is 0.667. The fourth-order valence-corrected chi connectivity index (χ4v) is 2.16. The number of nitrogens with zero attached hydrogens (tertiary/aromatic N) is 3. The topological polar surface area (TPSA) is 61.3 Å². The summed E-state index contributed by atoms with van der Waals surface area (Å²) in [4.78, 5) is 11.0. The summed E-state index contributed by atoms with van der Waals surface area (Å²) in [5, 5.41) is 13.1. The van der Waals surface area contributed by atoms with Crippen molar-refractivity contribution in [1.29, 1.82) is 0 Å². The molecule has 0 radical (unpaired) electrons. The molecule has 2 heterocycles. The van der Waals surface area contributed by atoms with Gasteiger partial charge in [0.15, 0.2) is 5.75 Å². The van der Waals surface area contributed by atoms with Crippen molar-refractivity contribution in [3.05, 3.63) is 17.7 Å². The van der Waals surface area contributed by atoms with Gasteiger partial charge in [-0.15, -0.1) is 0 Å². The molecule has 5 heteroatoms. The van der Waals surface area contributed by atoms with E-state index in [-0.39, 0.29) is 5.75 Å². The van der Waals surface area contributed by atoms with E-state index < -0.39 is 0 Å². The molecule has 0 atom stereocenters. The molecule has 3 rings (SSSR count). The summed E-state index contributed by atoms with van der Waals surface area (Å²) in [6.45, 7) is 4.79. The second-order valence-corrected chi connectivity index (χ2v) is 4.86. The van der Waals surface area contributed by atoms with Crippen LogP contribution in [0, 0.1) is 0 Å². The average Bonchev–Trinajstić information content (AvgIpc) is 3.17. The van der Waals surface area contributed by atoms with Crippen molar-refractivity contribution in [2.24, 2.45) is 0 Å². The molecule has 17 heavy (non-hydrogen) atoms. The molecule has 1 aliphatic heterocycles. The van der Waals surface area contributed by atoms with Crippen LogP contribution in [0.3, 0.4) is 0 Å². The van der Waals surface area contributed by atoms with E-state index in [9.17, 15) is 5.11 Å². The van der Waals surface area contributed by atoms with Gasteiger partial charge >= 0.3 is 0 Å². The molecule has 5 nitrogen and oxygen atoms in total. The number of piperazine rings is 1. The Morgan fingerprint density at radius 2 is 2.12 bits per heavy atom. The number of nitrogens with one attached hydrogen (secondary N) is 1. The first-order valence-corrected chi connectivity index (χ1v) is 6.31. The van der Waals surface area contributed by atoms with E-state index in [0.29, 0.717) is 5.92 Å². The molecular weight excluding hydrogens is 216 g/mol. The molecule has 1 aliphatic carbocycles. The highest BCUT2D eigenvalue weighted by atomic mass is 16.3. The highest BCUT2D eigenvalue weighted by Gasteiger charge is 2.27. The van der Waals surface area contributed by atoms with Gasteiger partial charge < -0.3 is 10.4 Å². The van der Waals surface area contributed by atoms with Crippen molar-refractivity contribution in [3.63, 3.8) is 0 Å². The fourth-order valence-electron chi connectivity index (χ4n) is 2.16. The molecule has 2 N–H and O–H groups in total. The zero-order valence-electron chi connectivity index (χ0n) is 9.89. The van der Waals surface area contributed by atoms with Crippen LogP contribution in [0.2, 0.25) is 0 Å². The largest absolute Gasteiger partial charge is 0.504 e. The van der Waals surface area contributed by atoms with Gasteiger partial charge in [0, 0.05) is 38.6 Å². The summed E-state index contributed by atoms with van der Waals surface area (Å²) < 4.78 is 0. The van der Waals surface area contributed by atoms with Gasteiger partial charge in [-0.3, -0.25) is 4.90 Å². The molecule has 0 spiro atoms. The molecule has 1 saturated carbocycles. The predicted octanol–water partition coefficient (Wildman–Crippen LogP) is 0.465. The number of aromatic hydroxyl groups is 1. The Labute approximate surface area is 101 Å². The molecule has 1 aromatic rings. The van der Waals surface area contributed by atoms with Crippen LogP contribution in [-0.4, -0.2) is 46.2 Å². The molecule has 92 valence electrons. The van der Waals surface area contributed by atoms with E-state index in [4.69, 9.17) is 0 Å². The maximum absolute atomic E-state index is 9.80. The SMILES string of the molecule is Oc1cnc(C2CC2)nc1CN1CCNCC1. The van der Waals surface area contributed by atoms with Gasteiger partial charge in [0.25, 0.3) is 0 Å². The van der Waals surface area contributed by atoms with Gasteiger partial charge in [0.05, 0.1) is 11.9 Å². The van der Waals surface area contributed by atoms with Gasteiger partial charge in [-0.05, 0) is 12.8 Å². The summed E-state index contributed by atoms with van der Waals surface area (Å²) in [6, 6.07) is 0. The van der Waals surface area contributed by atoms with Gasteiger partial charge in [-0.25, -0.2) is 9.97 Å². The number of hydrogen-bond donors (Lipinski definition) is 2. The lowest BCUT2D eigenvalue weighted by Crippen LogP contribution is -2.43. The maximum atomic E-state index is 9.80. The van der Waals surface area contributed by atoms with Crippen LogP contribution >= 0.6 is 0 Å². The minimum absolute atomic E-state index is 0.230. The van der Waals surface area contributed by atoms with Crippen LogP contribution in [-0.2, 0) is 6.54 Å². The normalized spacial score (nSPS) is 21.6. The minimum atomic E-state index is 0.230. The average molecular weight is 234 g/mol. The van der Waals surface area contributed by atoms with Gasteiger partial charge in [-0.1, -0.05) is 0 Å². The predicted molar refractivity (Wildman–Crippen MR) is 63.8 cm³/mol. The summed E-state index contributed by atoms with van der Waals surface area (Å²) in [6.07, 6.45) is 3.94. The lowest BCUT2D eigenvalue weighted by Gasteiger charge is -2.26. The molecule has 0 unspecified atom stereocenters. The lowest BCUT2D eigenvalue weighted by atomic mass is 10.3. The molecule has 1 aromatic heterocycles. The Bertz CT molecular complexity index is 399. The Balaban J connectivity index is 1.73. The third kappa shape index (κ3) is 2.56. The monoisotopic (exact) mass is 234 g/mol. The Morgan fingerprint density at radius 1 is 1.35 bits per heavy atom. The number of aromatic nitrogens is 2. The molecule has 1 saturated heterocycles. The molecular formula is C12H18N4O. The summed E-state index contributed by atoms with van der Waals surface area (Å²) in [5.41, 5.74) is 0.781. The first kappa shape index (κ1) is 10.9. The third-order valence-electron chi connectivity index (χ3n) is 3.39. The van der Waals surface area contributed by atoms with Crippen molar-refractivity contribution >= 4 is 0 Å². The van der Waals surface area contributed by atoms with Gasteiger partial charge in [0.1, 0.15) is 5.82 Å². The Hall–Kier alpha value is -1.20. The molecule has 0 amide bonds. The lowest BCUT2D eigenvalue weighted by molar-refractivity contribution is 0.227. The van der Waals surface area contributed by atoms with Gasteiger partial charge in [0.2, 0.25) is 0 Å². The number of hydrogen-bond acceptors (Lipinski definition) is 5. The number of rotatable bonds is 3. The van der Waals surface area contributed by atoms with Gasteiger partial charge in [-0.2, -0.15) is 0 Å². The van der Waals surface area contributed by atoms with Crippen molar-refractivity contribution in [1.82, 2.24) is 20.2 Å². The van der Waals surface area contributed by atoms with E-state index in [0.717, 1.165) is 44.2 Å². The van der Waals surface area contributed by atoms with Crippen molar-refractivity contribution < 1.29 is 5.11 Å². The Kier molecular flexibility index (Phi) is 2.94. The van der Waals surface area contributed by atoms with Crippen LogP contribution in [0.1, 0.15) is 30.3 Å². The van der Waals surface area contributed by atoms with E-state index >= 15 is 0 Å². The maximum Gasteiger partial charge on any atom is 0.156 e. The zero-order chi connectivity index (χ0) is 11.7. The summed E-state index contributed by atoms with van der Waals surface area (Å²) >= 11 is 0. The van der Waals surface area contributed by atoms with E-state index in [1.807, 2.05) is 0 Å². The summed E-state index contributed by atoms with van der Waals surface area (Å²) in [5.74, 6) is 1.68. The quantitative estimate of drug-likeness (QED) is 0.796. The third-order valence-corrected chi connectivity index (χ3v) is 3.39. The van der Waals surface area contributed by atoms with E-state index in [1.54, 1.807) is 6.20 Å². The first-order valence-electron chi connectivity index (χ1n) is 6.31. The minimum Gasteiger partial charge on any atom is -0.504 e. The van der Waals surface area contributed by atoms with E-state index in [1.165, 1.54) is 12.8 Å². The van der Waals surface area contributed by atoms with Crippen LogP contribution in [0.4, 0.5) is 0 Å². The second-order valence-electron chi connectivity index (χ2n) is 4.86. The first-order chi connectivity index (χ1) is 8.33. The second kappa shape index (κ2) is 4.58. The zero-order valence-corrected chi connectivity index (χ0v) is 9.89. The highest BCUT2D eigenvalue weighted by Crippen LogP contribution is 2.38. The van der Waals surface area contributed by atoms with Crippen molar-refractivity contribution in [3.8, 4) is 5.75 Å². The molecule has 2 aliphatic rings. The van der Waals surface area contributed by atoms with Crippen LogP contribution in [0.25, 0.3) is 0 Å². The van der Waals surface area contributed by atoms with Crippen molar-refractivity contribution in [2.75, 3.05) is 26.2 Å². The van der Waals surface area contributed by atoms with Crippen LogP contribution in [0.5, 0.6) is 5.75 Å². The summed E-state index contributed by atoms with van der Waals surface area (Å²) in [7, 11) is 0.